The summed E-state index contributed by atoms with van der Waals surface area (Å²) >= 11 is 5.35. The molecule has 1 saturated carbocycles. The first-order chi connectivity index (χ1) is 7.70. The smallest absolute Gasteiger partial charge is 0.271 e. The molecule has 1 heterocycles. The van der Waals surface area contributed by atoms with E-state index in [0.29, 0.717) is 5.69 Å². The Morgan fingerprint density at radius 2 is 2.31 bits per heavy atom. The number of halogens is 1. The lowest BCUT2D eigenvalue weighted by Crippen LogP contribution is -2.27. The number of aromatic amines is 1. The van der Waals surface area contributed by atoms with Gasteiger partial charge in [0.1, 0.15) is 11.6 Å². The molecule has 0 atom stereocenters. The Morgan fingerprint density at radius 1 is 1.56 bits per heavy atom. The Kier molecular flexibility index (Phi) is 3.09. The van der Waals surface area contributed by atoms with Crippen LogP contribution in [0.15, 0.2) is 6.20 Å². The number of anilines is 1. The molecule has 1 aromatic rings. The number of alkyl halides is 1. The average molecular weight is 243 g/mol. The second-order valence-corrected chi connectivity index (χ2v) is 3.86. The van der Waals surface area contributed by atoms with Gasteiger partial charge in [-0.1, -0.05) is 0 Å². The summed E-state index contributed by atoms with van der Waals surface area (Å²) in [6.07, 6.45) is 3.39. The largest absolute Gasteiger partial charge is 0.348 e. The molecule has 2 amide bonds. The van der Waals surface area contributed by atoms with Gasteiger partial charge in [0.2, 0.25) is 5.91 Å². The van der Waals surface area contributed by atoms with Crippen molar-refractivity contribution in [1.29, 1.82) is 0 Å². The van der Waals surface area contributed by atoms with Crippen LogP contribution in [0.1, 0.15) is 23.3 Å². The molecule has 86 valence electrons. The molecule has 0 aromatic carbocycles. The van der Waals surface area contributed by atoms with Crippen LogP contribution >= 0.6 is 11.6 Å². The first kappa shape index (κ1) is 10.9. The van der Waals surface area contributed by atoms with Crippen LogP contribution in [-0.4, -0.2) is 33.9 Å². The fourth-order valence-corrected chi connectivity index (χ4v) is 1.29. The summed E-state index contributed by atoms with van der Waals surface area (Å²) < 4.78 is 0. The van der Waals surface area contributed by atoms with Gasteiger partial charge in [-0.15, -0.1) is 11.6 Å². The first-order valence-electron chi connectivity index (χ1n) is 4.90. The summed E-state index contributed by atoms with van der Waals surface area (Å²) in [4.78, 5) is 22.8. The van der Waals surface area contributed by atoms with Crippen molar-refractivity contribution in [2.45, 2.75) is 18.9 Å². The maximum absolute atomic E-state index is 11.7. The average Bonchev–Trinajstić information content (AvgIpc) is 2.95. The number of amides is 2. The predicted octanol–water partition coefficient (Wildman–Crippen LogP) is 0.479. The van der Waals surface area contributed by atoms with E-state index in [1.54, 1.807) is 0 Å². The monoisotopic (exact) mass is 242 g/mol. The second kappa shape index (κ2) is 4.52. The highest BCUT2D eigenvalue weighted by molar-refractivity contribution is 6.29. The van der Waals surface area contributed by atoms with Crippen molar-refractivity contribution in [1.82, 2.24) is 15.5 Å². The van der Waals surface area contributed by atoms with E-state index in [-0.39, 0.29) is 29.4 Å². The Balaban J connectivity index is 2.05. The Bertz CT molecular complexity index is 413. The van der Waals surface area contributed by atoms with Gasteiger partial charge in [0, 0.05) is 6.04 Å². The van der Waals surface area contributed by atoms with Crippen LogP contribution in [0.4, 0.5) is 5.69 Å². The fraction of sp³-hybridized carbons (Fsp3) is 0.444. The maximum Gasteiger partial charge on any atom is 0.271 e. The third-order valence-corrected chi connectivity index (χ3v) is 2.42. The normalized spacial score (nSPS) is 14.6. The number of nitrogens with one attached hydrogen (secondary N) is 3. The molecule has 1 aliphatic rings. The summed E-state index contributed by atoms with van der Waals surface area (Å²) in [6.45, 7) is 0. The lowest BCUT2D eigenvalue weighted by atomic mass is 10.3. The number of rotatable bonds is 4. The van der Waals surface area contributed by atoms with Crippen molar-refractivity contribution in [3.05, 3.63) is 11.9 Å². The van der Waals surface area contributed by atoms with Gasteiger partial charge in [-0.3, -0.25) is 14.7 Å². The molecule has 6 nitrogen and oxygen atoms in total. The minimum Gasteiger partial charge on any atom is -0.348 e. The molecule has 2 rings (SSSR count). The molecule has 0 bridgehead atoms. The van der Waals surface area contributed by atoms with Crippen molar-refractivity contribution in [2.75, 3.05) is 11.2 Å². The number of hydrogen-bond acceptors (Lipinski definition) is 3. The first-order valence-corrected chi connectivity index (χ1v) is 5.44. The molecule has 0 saturated heterocycles. The second-order valence-electron chi connectivity index (χ2n) is 3.59. The zero-order chi connectivity index (χ0) is 11.5. The number of carbonyl (C=O) groups excluding carboxylic acids is 2. The van der Waals surface area contributed by atoms with Gasteiger partial charge in [0.05, 0.1) is 11.9 Å². The minimum absolute atomic E-state index is 0.158. The summed E-state index contributed by atoms with van der Waals surface area (Å²) in [7, 11) is 0. The molecule has 7 heteroatoms. The van der Waals surface area contributed by atoms with Gasteiger partial charge in [-0.05, 0) is 12.8 Å². The van der Waals surface area contributed by atoms with Crippen LogP contribution in [0.5, 0.6) is 0 Å². The molecule has 3 N–H and O–H groups in total. The molecular formula is C9H11ClN4O2. The van der Waals surface area contributed by atoms with Crippen LogP contribution in [0.2, 0.25) is 0 Å². The number of hydrogen-bond donors (Lipinski definition) is 3. The van der Waals surface area contributed by atoms with Crippen molar-refractivity contribution in [2.24, 2.45) is 0 Å². The quantitative estimate of drug-likeness (QED) is 0.671. The van der Waals surface area contributed by atoms with Gasteiger partial charge >= 0.3 is 0 Å². The van der Waals surface area contributed by atoms with E-state index < -0.39 is 0 Å². The molecule has 1 fully saturated rings. The third-order valence-electron chi connectivity index (χ3n) is 2.17. The van der Waals surface area contributed by atoms with Gasteiger partial charge in [0.25, 0.3) is 5.91 Å². The molecule has 1 aliphatic carbocycles. The lowest BCUT2D eigenvalue weighted by molar-refractivity contribution is -0.113. The lowest BCUT2D eigenvalue weighted by Gasteiger charge is -2.04. The fourth-order valence-electron chi connectivity index (χ4n) is 1.22. The van der Waals surface area contributed by atoms with Crippen molar-refractivity contribution >= 4 is 29.1 Å². The summed E-state index contributed by atoms with van der Waals surface area (Å²) in [5, 5.41) is 11.5. The van der Waals surface area contributed by atoms with E-state index in [9.17, 15) is 9.59 Å². The summed E-state index contributed by atoms with van der Waals surface area (Å²) in [5.41, 5.74) is 0.606. The van der Waals surface area contributed by atoms with Gasteiger partial charge in [-0.2, -0.15) is 5.10 Å². The topological polar surface area (TPSA) is 86.9 Å². The van der Waals surface area contributed by atoms with Crippen LogP contribution in [0, 0.1) is 0 Å². The molecule has 0 aliphatic heterocycles. The third kappa shape index (κ3) is 2.52. The molecule has 0 radical (unpaired) electrons. The Labute approximate surface area is 96.7 Å². The van der Waals surface area contributed by atoms with Crippen molar-refractivity contribution in [3.63, 3.8) is 0 Å². The van der Waals surface area contributed by atoms with Crippen LogP contribution in [0.25, 0.3) is 0 Å². The van der Waals surface area contributed by atoms with E-state index in [2.05, 4.69) is 20.8 Å². The highest BCUT2D eigenvalue weighted by atomic mass is 35.5. The zero-order valence-corrected chi connectivity index (χ0v) is 9.17. The Hall–Kier alpha value is -1.56. The zero-order valence-electron chi connectivity index (χ0n) is 8.42. The SMILES string of the molecule is O=C(CCl)Nc1cn[nH]c1C(=O)NC1CC1. The number of nitrogens with zero attached hydrogens (tertiary/aromatic N) is 1. The molecule has 1 aromatic heterocycles. The van der Waals surface area contributed by atoms with E-state index >= 15 is 0 Å². The van der Waals surface area contributed by atoms with Crippen molar-refractivity contribution < 1.29 is 9.59 Å². The van der Waals surface area contributed by atoms with Gasteiger partial charge < -0.3 is 10.6 Å². The molecule has 0 spiro atoms. The molecule has 0 unspecified atom stereocenters. The van der Waals surface area contributed by atoms with E-state index in [1.807, 2.05) is 0 Å². The van der Waals surface area contributed by atoms with Gasteiger partial charge in [-0.25, -0.2) is 0 Å². The standard InChI is InChI=1S/C9H11ClN4O2/c10-3-7(15)13-6-4-11-14-8(6)9(16)12-5-1-2-5/h4-5H,1-3H2,(H,11,14)(H,12,16)(H,13,15). The highest BCUT2D eigenvalue weighted by Gasteiger charge is 2.25. The summed E-state index contributed by atoms with van der Waals surface area (Å²) in [5.74, 6) is -0.789. The van der Waals surface area contributed by atoms with E-state index in [1.165, 1.54) is 6.20 Å². The molecular weight excluding hydrogens is 232 g/mol. The van der Waals surface area contributed by atoms with Crippen LogP contribution in [0.3, 0.4) is 0 Å². The number of carbonyl (C=O) groups is 2. The minimum atomic E-state index is -0.372. The van der Waals surface area contributed by atoms with Crippen LogP contribution < -0.4 is 10.6 Å². The predicted molar refractivity (Wildman–Crippen MR) is 58.4 cm³/mol. The maximum atomic E-state index is 11.7. The number of aromatic nitrogens is 2. The highest BCUT2D eigenvalue weighted by Crippen LogP contribution is 2.20. The van der Waals surface area contributed by atoms with Crippen molar-refractivity contribution in [3.8, 4) is 0 Å². The number of H-pyrrole nitrogens is 1. The summed E-state index contributed by atoms with van der Waals surface area (Å²) in [6, 6.07) is 0.257. The Morgan fingerprint density at radius 3 is 2.94 bits per heavy atom. The van der Waals surface area contributed by atoms with E-state index in [4.69, 9.17) is 11.6 Å². The van der Waals surface area contributed by atoms with Crippen LogP contribution in [-0.2, 0) is 4.79 Å². The van der Waals surface area contributed by atoms with E-state index in [0.717, 1.165) is 12.8 Å². The molecule has 16 heavy (non-hydrogen) atoms. The van der Waals surface area contributed by atoms with Gasteiger partial charge in [0.15, 0.2) is 0 Å².